The number of amides is 2. The number of thiocarbonyl (C=S) groups is 1. The van der Waals surface area contributed by atoms with Crippen LogP contribution in [0.1, 0.15) is 23.3 Å². The Kier molecular flexibility index (Phi) is 8.87. The molecule has 7 nitrogen and oxygen atoms in total. The summed E-state index contributed by atoms with van der Waals surface area (Å²) >= 11 is 7.45. The van der Waals surface area contributed by atoms with Crippen LogP contribution in [0, 0.1) is 5.82 Å². The van der Waals surface area contributed by atoms with Crippen molar-refractivity contribution >= 4 is 63.5 Å². The van der Waals surface area contributed by atoms with E-state index in [9.17, 15) is 31.9 Å². The van der Waals surface area contributed by atoms with Crippen molar-refractivity contribution in [2.45, 2.75) is 25.1 Å². The van der Waals surface area contributed by atoms with Crippen LogP contribution in [-0.2, 0) is 20.6 Å². The topological polar surface area (TPSA) is 113 Å². The van der Waals surface area contributed by atoms with Gasteiger partial charge in [0.05, 0.1) is 10.5 Å². The summed E-state index contributed by atoms with van der Waals surface area (Å²) in [5, 5.41) is 12.9. The van der Waals surface area contributed by atoms with Crippen molar-refractivity contribution < 1.29 is 37.1 Å². The largest absolute Gasteiger partial charge is 0.480 e. The van der Waals surface area contributed by atoms with Crippen LogP contribution < -0.4 is 11.1 Å². The lowest BCUT2D eigenvalue weighted by atomic mass is 10.0. The van der Waals surface area contributed by atoms with E-state index < -0.39 is 41.4 Å². The Bertz CT molecular complexity index is 1230. The van der Waals surface area contributed by atoms with Crippen molar-refractivity contribution in [2.75, 3.05) is 13.1 Å². The highest BCUT2D eigenvalue weighted by Gasteiger charge is 2.34. The molecule has 1 aliphatic rings. The van der Waals surface area contributed by atoms with Gasteiger partial charge in [-0.1, -0.05) is 30.0 Å². The minimum absolute atomic E-state index is 0.0182. The molecule has 1 saturated heterocycles. The van der Waals surface area contributed by atoms with Crippen molar-refractivity contribution in [1.29, 1.82) is 0 Å². The molecular weight excluding hydrogens is 542 g/mol. The third-order valence-corrected chi connectivity index (χ3v) is 7.29. The molecule has 0 bridgehead atoms. The number of rotatable bonds is 9. The Hall–Kier alpha value is -2.81. The number of nitrogens with two attached hydrogens (primary N) is 1. The number of halogens is 4. The van der Waals surface area contributed by atoms with Gasteiger partial charge in [-0.2, -0.15) is 13.2 Å². The fraction of sp³-hybridized carbons (Fsp3) is 0.273. The summed E-state index contributed by atoms with van der Waals surface area (Å²) in [6, 6.07) is 3.24. The number of benzene rings is 1. The van der Waals surface area contributed by atoms with Gasteiger partial charge in [0.15, 0.2) is 0 Å². The summed E-state index contributed by atoms with van der Waals surface area (Å²) in [5.41, 5.74) is 4.63. The average molecular weight is 562 g/mol. The van der Waals surface area contributed by atoms with Crippen LogP contribution in [0.15, 0.2) is 34.6 Å². The molecule has 14 heteroatoms. The second-order valence-corrected chi connectivity index (χ2v) is 10.2. The van der Waals surface area contributed by atoms with Crippen molar-refractivity contribution in [1.82, 2.24) is 10.2 Å². The molecule has 36 heavy (non-hydrogen) atoms. The molecule has 1 fully saturated rings. The molecule has 2 aromatic rings. The molecular formula is C22H19F4N3O4S3. The van der Waals surface area contributed by atoms with Crippen molar-refractivity contribution in [2.24, 2.45) is 5.73 Å². The van der Waals surface area contributed by atoms with E-state index in [2.05, 4.69) is 5.32 Å². The predicted molar refractivity (Wildman–Crippen MR) is 132 cm³/mol. The minimum Gasteiger partial charge on any atom is -0.480 e. The molecule has 0 saturated carbocycles. The number of thioether (sulfide) groups is 1. The number of thiophene rings is 1. The Labute approximate surface area is 216 Å². The quantitative estimate of drug-likeness (QED) is 0.240. The Balaban J connectivity index is 1.62. The minimum atomic E-state index is -4.82. The van der Waals surface area contributed by atoms with Crippen LogP contribution >= 0.6 is 35.3 Å². The maximum atomic E-state index is 13.6. The molecule has 1 atom stereocenters. The first-order valence-corrected chi connectivity index (χ1v) is 12.4. The van der Waals surface area contributed by atoms with Crippen LogP contribution in [-0.4, -0.2) is 51.2 Å². The van der Waals surface area contributed by atoms with Crippen LogP contribution in [0.25, 0.3) is 17.2 Å². The number of hydrogen-bond donors (Lipinski definition) is 3. The molecule has 1 aromatic carbocycles. The molecule has 0 spiro atoms. The zero-order chi connectivity index (χ0) is 26.6. The second-order valence-electron chi connectivity index (χ2n) is 7.60. The van der Waals surface area contributed by atoms with E-state index in [0.29, 0.717) is 10.4 Å². The van der Waals surface area contributed by atoms with Gasteiger partial charge in [-0.15, -0.1) is 11.3 Å². The smallest absolute Gasteiger partial charge is 0.419 e. The first kappa shape index (κ1) is 27.8. The van der Waals surface area contributed by atoms with E-state index >= 15 is 0 Å². The number of carbonyl (C=O) groups is 3. The Morgan fingerprint density at radius 1 is 1.25 bits per heavy atom. The monoisotopic (exact) mass is 561 g/mol. The maximum absolute atomic E-state index is 13.6. The number of alkyl halides is 3. The summed E-state index contributed by atoms with van der Waals surface area (Å²) in [6.45, 7) is 0.0914. The lowest BCUT2D eigenvalue weighted by molar-refractivity contribution is -0.140. The summed E-state index contributed by atoms with van der Waals surface area (Å²) in [5.74, 6) is -3.34. The number of hydrogen-bond acceptors (Lipinski definition) is 7. The molecule has 0 radical (unpaired) electrons. The van der Waals surface area contributed by atoms with E-state index in [1.165, 1.54) is 22.3 Å². The standard InChI is InChI=1S/C22H19F4N3O4S3/c23-15-2-1-11(8-14(15)22(24,25)26)12-7-13(35-10-12)9-17-19(31)29(21(34)36-17)6-4-18(30)28-5-3-16(27)20(32)33/h1-2,7-10,16H,3-6,27H2,(H,28,30)(H,32,33)/t16-/m0/s1. The van der Waals surface area contributed by atoms with Crippen molar-refractivity contribution in [3.63, 3.8) is 0 Å². The highest BCUT2D eigenvalue weighted by Crippen LogP contribution is 2.37. The molecule has 1 aliphatic heterocycles. The average Bonchev–Trinajstić information content (AvgIpc) is 3.36. The number of carboxylic acids is 1. The lowest BCUT2D eigenvalue weighted by Crippen LogP contribution is -2.37. The summed E-state index contributed by atoms with van der Waals surface area (Å²) in [6.07, 6.45) is -3.27. The van der Waals surface area contributed by atoms with E-state index in [1.807, 2.05) is 0 Å². The van der Waals surface area contributed by atoms with Crippen LogP contribution in [0.2, 0.25) is 0 Å². The normalized spacial score (nSPS) is 16.0. The van der Waals surface area contributed by atoms with Crippen molar-refractivity contribution in [3.05, 3.63) is 50.8 Å². The lowest BCUT2D eigenvalue weighted by Gasteiger charge is -2.14. The van der Waals surface area contributed by atoms with Gasteiger partial charge in [0.1, 0.15) is 16.2 Å². The van der Waals surface area contributed by atoms with Gasteiger partial charge in [0, 0.05) is 24.4 Å². The third kappa shape index (κ3) is 6.90. The van der Waals surface area contributed by atoms with E-state index in [0.717, 1.165) is 23.9 Å². The number of nitrogens with zero attached hydrogens (tertiary/aromatic N) is 1. The van der Waals surface area contributed by atoms with Gasteiger partial charge in [-0.05, 0) is 47.2 Å². The Morgan fingerprint density at radius 2 is 1.97 bits per heavy atom. The summed E-state index contributed by atoms with van der Waals surface area (Å²) < 4.78 is 52.9. The van der Waals surface area contributed by atoms with Gasteiger partial charge in [-0.3, -0.25) is 19.3 Å². The molecule has 2 amide bonds. The highest BCUT2D eigenvalue weighted by atomic mass is 32.2. The second kappa shape index (κ2) is 11.5. The number of nitrogens with one attached hydrogen (secondary N) is 1. The third-order valence-electron chi connectivity index (χ3n) is 5.03. The SMILES string of the molecule is N[C@@H](CCNC(=O)CCN1C(=O)C(=Cc2cc(-c3ccc(F)c(C(F)(F)F)c3)cs2)SC1=S)C(=O)O. The van der Waals surface area contributed by atoms with E-state index in [4.69, 9.17) is 23.1 Å². The highest BCUT2D eigenvalue weighted by molar-refractivity contribution is 8.26. The number of aliphatic carboxylic acids is 1. The first-order valence-electron chi connectivity index (χ1n) is 10.3. The molecule has 1 aromatic heterocycles. The van der Waals surface area contributed by atoms with Crippen LogP contribution in [0.4, 0.5) is 17.6 Å². The number of carbonyl (C=O) groups excluding carboxylic acids is 2. The molecule has 4 N–H and O–H groups in total. The molecule has 0 unspecified atom stereocenters. The summed E-state index contributed by atoms with van der Waals surface area (Å²) in [4.78, 5) is 37.6. The zero-order valence-electron chi connectivity index (χ0n) is 18.3. The number of carboxylic acid groups (broad SMARTS) is 1. The summed E-state index contributed by atoms with van der Waals surface area (Å²) in [7, 11) is 0. The predicted octanol–water partition coefficient (Wildman–Crippen LogP) is 4.08. The fourth-order valence-electron chi connectivity index (χ4n) is 3.12. The fourth-order valence-corrected chi connectivity index (χ4v) is 5.34. The molecule has 0 aliphatic carbocycles. The van der Waals surface area contributed by atoms with Gasteiger partial charge < -0.3 is 16.2 Å². The molecule has 2 heterocycles. The Morgan fingerprint density at radius 3 is 2.64 bits per heavy atom. The zero-order valence-corrected chi connectivity index (χ0v) is 20.8. The van der Waals surface area contributed by atoms with Crippen LogP contribution in [0.5, 0.6) is 0 Å². The van der Waals surface area contributed by atoms with Gasteiger partial charge in [0.25, 0.3) is 5.91 Å². The maximum Gasteiger partial charge on any atom is 0.419 e. The van der Waals surface area contributed by atoms with Gasteiger partial charge >= 0.3 is 12.1 Å². The van der Waals surface area contributed by atoms with Gasteiger partial charge in [0.2, 0.25) is 5.91 Å². The molecule has 3 rings (SSSR count). The van der Waals surface area contributed by atoms with E-state index in [-0.39, 0.29) is 40.7 Å². The van der Waals surface area contributed by atoms with Crippen molar-refractivity contribution in [3.8, 4) is 11.1 Å². The first-order chi connectivity index (χ1) is 16.9. The van der Waals surface area contributed by atoms with Crippen LogP contribution in [0.3, 0.4) is 0 Å². The van der Waals surface area contributed by atoms with Gasteiger partial charge in [-0.25, -0.2) is 4.39 Å². The van der Waals surface area contributed by atoms with E-state index in [1.54, 1.807) is 17.5 Å². The molecule has 192 valence electrons.